The molecule has 2 nitrogen and oxygen atoms in total. The minimum atomic E-state index is -0.226. The van der Waals surface area contributed by atoms with Crippen molar-refractivity contribution in [3.05, 3.63) is 71.3 Å². The standard InChI is InChI=1S/C21H24F2N2/c22-18-6-2-16(3-7-18)20(17-4-8-19(23)9-5-17)25-13-11-21(15-25)10-1-12-24-14-21/h2-9,20,24H,1,10-15H2. The van der Waals surface area contributed by atoms with Crippen LogP contribution in [0.1, 0.15) is 36.4 Å². The van der Waals surface area contributed by atoms with E-state index in [1.807, 2.05) is 24.3 Å². The smallest absolute Gasteiger partial charge is 0.123 e. The van der Waals surface area contributed by atoms with Crippen LogP contribution in [0.3, 0.4) is 0 Å². The van der Waals surface area contributed by atoms with Crippen molar-refractivity contribution in [1.29, 1.82) is 0 Å². The van der Waals surface area contributed by atoms with E-state index < -0.39 is 0 Å². The molecule has 2 saturated heterocycles. The highest BCUT2D eigenvalue weighted by atomic mass is 19.1. The maximum Gasteiger partial charge on any atom is 0.123 e. The number of rotatable bonds is 3. The van der Waals surface area contributed by atoms with Gasteiger partial charge in [0.1, 0.15) is 11.6 Å². The summed E-state index contributed by atoms with van der Waals surface area (Å²) in [5, 5.41) is 3.55. The van der Waals surface area contributed by atoms with Gasteiger partial charge in [-0.1, -0.05) is 24.3 Å². The Balaban J connectivity index is 1.66. The van der Waals surface area contributed by atoms with Gasteiger partial charge in [0.15, 0.2) is 0 Å². The summed E-state index contributed by atoms with van der Waals surface area (Å²) >= 11 is 0. The first-order valence-corrected chi connectivity index (χ1v) is 9.11. The van der Waals surface area contributed by atoms with E-state index in [9.17, 15) is 8.78 Å². The van der Waals surface area contributed by atoms with Crippen LogP contribution in [0.25, 0.3) is 0 Å². The average molecular weight is 342 g/mol. The second-order valence-corrected chi connectivity index (χ2v) is 7.51. The zero-order valence-electron chi connectivity index (χ0n) is 14.3. The lowest BCUT2D eigenvalue weighted by atomic mass is 9.80. The fraction of sp³-hybridized carbons (Fsp3) is 0.429. The van der Waals surface area contributed by atoms with Crippen molar-refractivity contribution in [2.75, 3.05) is 26.2 Å². The van der Waals surface area contributed by atoms with E-state index in [0.717, 1.165) is 37.3 Å². The fourth-order valence-corrected chi connectivity index (χ4v) is 4.47. The monoisotopic (exact) mass is 342 g/mol. The topological polar surface area (TPSA) is 15.3 Å². The molecule has 4 rings (SSSR count). The molecule has 0 bridgehead atoms. The molecule has 25 heavy (non-hydrogen) atoms. The van der Waals surface area contributed by atoms with Crippen molar-refractivity contribution in [3.8, 4) is 0 Å². The number of nitrogens with zero attached hydrogens (tertiary/aromatic N) is 1. The van der Waals surface area contributed by atoms with Crippen LogP contribution in [-0.2, 0) is 0 Å². The molecule has 1 atom stereocenters. The average Bonchev–Trinajstić information content (AvgIpc) is 3.02. The Hall–Kier alpha value is -1.78. The van der Waals surface area contributed by atoms with Crippen molar-refractivity contribution < 1.29 is 8.78 Å². The number of hydrogen-bond donors (Lipinski definition) is 1. The second-order valence-electron chi connectivity index (χ2n) is 7.51. The molecule has 1 spiro atoms. The molecule has 2 aliphatic rings. The van der Waals surface area contributed by atoms with Crippen molar-refractivity contribution in [3.63, 3.8) is 0 Å². The third-order valence-electron chi connectivity index (χ3n) is 5.77. The largest absolute Gasteiger partial charge is 0.316 e. The molecule has 2 aliphatic heterocycles. The summed E-state index contributed by atoms with van der Waals surface area (Å²) in [6.07, 6.45) is 3.67. The lowest BCUT2D eigenvalue weighted by Crippen LogP contribution is -2.42. The fourth-order valence-electron chi connectivity index (χ4n) is 4.47. The van der Waals surface area contributed by atoms with Crippen LogP contribution in [0.15, 0.2) is 48.5 Å². The molecule has 2 fully saturated rings. The molecule has 0 radical (unpaired) electrons. The van der Waals surface area contributed by atoms with Gasteiger partial charge in [-0.25, -0.2) is 8.78 Å². The predicted octanol–water partition coefficient (Wildman–Crippen LogP) is 4.13. The zero-order chi connectivity index (χ0) is 17.3. The van der Waals surface area contributed by atoms with Crippen molar-refractivity contribution in [1.82, 2.24) is 10.2 Å². The van der Waals surface area contributed by atoms with Crippen LogP contribution in [0.2, 0.25) is 0 Å². The molecule has 1 N–H and O–H groups in total. The number of likely N-dealkylation sites (tertiary alicyclic amines) is 1. The molecule has 0 aliphatic carbocycles. The number of piperidine rings is 1. The van der Waals surface area contributed by atoms with E-state index in [4.69, 9.17) is 0 Å². The molecule has 132 valence electrons. The maximum atomic E-state index is 13.4. The molecule has 1 unspecified atom stereocenters. The Kier molecular flexibility index (Phi) is 4.57. The molecule has 0 amide bonds. The van der Waals surface area contributed by atoms with Crippen LogP contribution in [0, 0.1) is 17.0 Å². The second kappa shape index (κ2) is 6.85. The summed E-state index contributed by atoms with van der Waals surface area (Å²) in [4.78, 5) is 2.48. The number of halogens is 2. The molecule has 0 aromatic heterocycles. The van der Waals surface area contributed by atoms with Gasteiger partial charge >= 0.3 is 0 Å². The van der Waals surface area contributed by atoms with Crippen LogP contribution < -0.4 is 5.32 Å². The van der Waals surface area contributed by atoms with Crippen LogP contribution in [0.5, 0.6) is 0 Å². The maximum absolute atomic E-state index is 13.4. The molecule has 2 heterocycles. The summed E-state index contributed by atoms with van der Waals surface area (Å²) in [7, 11) is 0. The van der Waals surface area contributed by atoms with E-state index in [0.29, 0.717) is 5.41 Å². The van der Waals surface area contributed by atoms with E-state index in [1.165, 1.54) is 43.5 Å². The Labute approximate surface area is 147 Å². The normalized spacial score (nSPS) is 24.3. The molecular weight excluding hydrogens is 318 g/mol. The minimum absolute atomic E-state index is 0.0440. The zero-order valence-corrected chi connectivity index (χ0v) is 14.3. The van der Waals surface area contributed by atoms with Crippen molar-refractivity contribution >= 4 is 0 Å². The van der Waals surface area contributed by atoms with Gasteiger partial charge in [-0.2, -0.15) is 0 Å². The first kappa shape index (κ1) is 16.7. The van der Waals surface area contributed by atoms with E-state index in [2.05, 4.69) is 10.2 Å². The van der Waals surface area contributed by atoms with Gasteiger partial charge in [0.25, 0.3) is 0 Å². The molecule has 0 saturated carbocycles. The summed E-state index contributed by atoms with van der Waals surface area (Å²) < 4.78 is 26.8. The quantitative estimate of drug-likeness (QED) is 0.902. The van der Waals surface area contributed by atoms with E-state index in [1.54, 1.807) is 0 Å². The first-order chi connectivity index (χ1) is 12.2. The van der Waals surface area contributed by atoms with Crippen molar-refractivity contribution in [2.24, 2.45) is 5.41 Å². The van der Waals surface area contributed by atoms with Gasteiger partial charge in [0, 0.05) is 13.1 Å². The first-order valence-electron chi connectivity index (χ1n) is 9.11. The highest BCUT2D eigenvalue weighted by Gasteiger charge is 2.41. The molecule has 2 aromatic carbocycles. The minimum Gasteiger partial charge on any atom is -0.316 e. The van der Waals surface area contributed by atoms with E-state index in [-0.39, 0.29) is 17.7 Å². The van der Waals surface area contributed by atoms with Crippen LogP contribution >= 0.6 is 0 Å². The summed E-state index contributed by atoms with van der Waals surface area (Å²) in [6.45, 7) is 4.23. The van der Waals surface area contributed by atoms with Gasteiger partial charge in [0.2, 0.25) is 0 Å². The highest BCUT2D eigenvalue weighted by molar-refractivity contribution is 5.33. The predicted molar refractivity (Wildman–Crippen MR) is 95.4 cm³/mol. The summed E-state index contributed by atoms with van der Waals surface area (Å²) in [6, 6.07) is 13.5. The van der Waals surface area contributed by atoms with Crippen LogP contribution in [-0.4, -0.2) is 31.1 Å². The Morgan fingerprint density at radius 1 is 0.880 bits per heavy atom. The Morgan fingerprint density at radius 2 is 1.48 bits per heavy atom. The van der Waals surface area contributed by atoms with Gasteiger partial charge < -0.3 is 5.32 Å². The Morgan fingerprint density at radius 3 is 2.00 bits per heavy atom. The van der Waals surface area contributed by atoms with Crippen molar-refractivity contribution in [2.45, 2.75) is 25.3 Å². The molecule has 2 aromatic rings. The molecular formula is C21H24F2N2. The molecule has 4 heteroatoms. The lowest BCUT2D eigenvalue weighted by Gasteiger charge is -2.36. The number of nitrogens with one attached hydrogen (secondary N) is 1. The van der Waals surface area contributed by atoms with Gasteiger partial charge in [-0.05, 0) is 73.2 Å². The van der Waals surface area contributed by atoms with Gasteiger partial charge in [-0.15, -0.1) is 0 Å². The number of hydrogen-bond acceptors (Lipinski definition) is 2. The summed E-state index contributed by atoms with van der Waals surface area (Å²) in [5.74, 6) is -0.452. The highest BCUT2D eigenvalue weighted by Crippen LogP contribution is 2.41. The van der Waals surface area contributed by atoms with Crippen LogP contribution in [0.4, 0.5) is 8.78 Å². The van der Waals surface area contributed by atoms with Gasteiger partial charge in [0.05, 0.1) is 6.04 Å². The Bertz CT molecular complexity index is 660. The summed E-state index contributed by atoms with van der Waals surface area (Å²) in [5.41, 5.74) is 2.47. The third kappa shape index (κ3) is 3.46. The van der Waals surface area contributed by atoms with Gasteiger partial charge in [-0.3, -0.25) is 4.90 Å². The third-order valence-corrected chi connectivity index (χ3v) is 5.77. The lowest BCUT2D eigenvalue weighted by molar-refractivity contribution is 0.186. The SMILES string of the molecule is Fc1ccc(C(c2ccc(F)cc2)N2CCC3(CCCNC3)C2)cc1. The number of benzene rings is 2. The van der Waals surface area contributed by atoms with E-state index >= 15 is 0 Å².